The van der Waals surface area contributed by atoms with Crippen molar-refractivity contribution in [1.29, 1.82) is 0 Å². The molecule has 0 amide bonds. The smallest absolute Gasteiger partial charge is 0.0824 e. The van der Waals surface area contributed by atoms with Crippen molar-refractivity contribution in [1.82, 2.24) is 15.4 Å². The third-order valence-corrected chi connectivity index (χ3v) is 2.74. The van der Waals surface area contributed by atoms with Crippen molar-refractivity contribution >= 4 is 0 Å². The van der Waals surface area contributed by atoms with Crippen molar-refractivity contribution < 1.29 is 4.74 Å². The molecule has 1 N–H and O–H groups in total. The van der Waals surface area contributed by atoms with Crippen LogP contribution in [0, 0.1) is 11.8 Å². The molecule has 1 aromatic rings. The molecule has 100 valence electrons. The molecule has 18 heavy (non-hydrogen) atoms. The third kappa shape index (κ3) is 7.86. The van der Waals surface area contributed by atoms with E-state index in [1.54, 1.807) is 0 Å². The van der Waals surface area contributed by atoms with Crippen LogP contribution < -0.4 is 0 Å². The van der Waals surface area contributed by atoms with Gasteiger partial charge in [-0.1, -0.05) is 24.5 Å². The first-order chi connectivity index (χ1) is 8.93. The van der Waals surface area contributed by atoms with E-state index < -0.39 is 0 Å². The molecule has 0 atom stereocenters. The molecule has 1 aromatic heterocycles. The fraction of sp³-hybridized carbons (Fsp3) is 0.714. The summed E-state index contributed by atoms with van der Waals surface area (Å²) in [7, 11) is 0. The van der Waals surface area contributed by atoms with Gasteiger partial charge in [-0.25, -0.2) is 0 Å². The van der Waals surface area contributed by atoms with Crippen LogP contribution in [-0.2, 0) is 11.2 Å². The van der Waals surface area contributed by atoms with Crippen LogP contribution >= 0.6 is 0 Å². The number of nitrogens with one attached hydrogen (secondary N) is 1. The van der Waals surface area contributed by atoms with Crippen molar-refractivity contribution in [2.45, 2.75) is 51.9 Å². The predicted molar refractivity (Wildman–Crippen MR) is 72.1 cm³/mol. The maximum absolute atomic E-state index is 5.48. The summed E-state index contributed by atoms with van der Waals surface area (Å²) in [4.78, 5) is 0. The lowest BCUT2D eigenvalue weighted by Crippen LogP contribution is -1.96. The fourth-order valence-corrected chi connectivity index (χ4v) is 1.74. The Hall–Kier alpha value is -1.34. The van der Waals surface area contributed by atoms with Crippen LogP contribution in [0.1, 0.15) is 51.1 Å². The molecule has 0 aliphatic rings. The van der Waals surface area contributed by atoms with E-state index in [0.717, 1.165) is 38.2 Å². The zero-order valence-corrected chi connectivity index (χ0v) is 11.2. The van der Waals surface area contributed by atoms with Crippen LogP contribution in [0.5, 0.6) is 0 Å². The Morgan fingerprint density at radius 3 is 2.78 bits per heavy atom. The molecule has 0 aromatic carbocycles. The summed E-state index contributed by atoms with van der Waals surface area (Å²) in [5.41, 5.74) is 1.07. The Morgan fingerprint density at radius 2 is 2.00 bits per heavy atom. The molecule has 0 unspecified atom stereocenters. The number of nitrogens with zero attached hydrogens (tertiary/aromatic N) is 2. The molecule has 0 aliphatic carbocycles. The first-order valence-electron chi connectivity index (χ1n) is 6.76. The summed E-state index contributed by atoms with van der Waals surface area (Å²) in [5, 5.41) is 10.4. The number of H-pyrrole nitrogens is 1. The van der Waals surface area contributed by atoms with E-state index in [1.165, 1.54) is 25.7 Å². The Morgan fingerprint density at radius 1 is 1.17 bits per heavy atom. The molecule has 0 saturated heterocycles. The van der Waals surface area contributed by atoms with E-state index in [4.69, 9.17) is 4.74 Å². The van der Waals surface area contributed by atoms with Crippen LogP contribution in [0.2, 0.25) is 0 Å². The van der Waals surface area contributed by atoms with Crippen LogP contribution in [0.25, 0.3) is 0 Å². The lowest BCUT2D eigenvalue weighted by molar-refractivity contribution is 0.135. The Kier molecular flexibility index (Phi) is 8.82. The highest BCUT2D eigenvalue weighted by Crippen LogP contribution is 2.06. The zero-order valence-electron chi connectivity index (χ0n) is 11.2. The van der Waals surface area contributed by atoms with E-state index in [-0.39, 0.29) is 0 Å². The normalized spacial score (nSPS) is 10.1. The standard InChI is InChI=1S/C14H23N3O/c1-2-3-8-11-18-12-9-6-4-5-7-10-14-13-15-17-16-14/h13H,4-12H2,1H3,(H,15,16,17). The van der Waals surface area contributed by atoms with Gasteiger partial charge >= 0.3 is 0 Å². The highest BCUT2D eigenvalue weighted by molar-refractivity contribution is 4.94. The summed E-state index contributed by atoms with van der Waals surface area (Å²) < 4.78 is 5.48. The van der Waals surface area contributed by atoms with Crippen LogP contribution in [0.3, 0.4) is 0 Å². The van der Waals surface area contributed by atoms with E-state index in [2.05, 4.69) is 27.3 Å². The van der Waals surface area contributed by atoms with E-state index in [9.17, 15) is 0 Å². The molecule has 0 spiro atoms. The minimum atomic E-state index is 0.771. The summed E-state index contributed by atoms with van der Waals surface area (Å²) in [6, 6.07) is 0. The maximum Gasteiger partial charge on any atom is 0.0824 e. The molecule has 4 nitrogen and oxygen atoms in total. The maximum atomic E-state index is 5.48. The molecule has 0 fully saturated rings. The predicted octanol–water partition coefficient (Wildman–Crippen LogP) is 2.73. The average molecular weight is 249 g/mol. The first kappa shape index (κ1) is 14.7. The molecule has 0 radical (unpaired) electrons. The molecule has 4 heteroatoms. The van der Waals surface area contributed by atoms with Crippen molar-refractivity contribution in [3.8, 4) is 11.8 Å². The van der Waals surface area contributed by atoms with Gasteiger partial charge in [-0.15, -0.1) is 16.9 Å². The van der Waals surface area contributed by atoms with Crippen molar-refractivity contribution in [2.24, 2.45) is 0 Å². The lowest BCUT2D eigenvalue weighted by Gasteiger charge is -2.02. The average Bonchev–Trinajstić information content (AvgIpc) is 2.89. The lowest BCUT2D eigenvalue weighted by atomic mass is 10.1. The molecule has 1 heterocycles. The monoisotopic (exact) mass is 249 g/mol. The number of hydrogen-bond donors (Lipinski definition) is 1. The van der Waals surface area contributed by atoms with Gasteiger partial charge in [0.25, 0.3) is 0 Å². The van der Waals surface area contributed by atoms with Gasteiger partial charge in [0.05, 0.1) is 12.3 Å². The van der Waals surface area contributed by atoms with Gasteiger partial charge < -0.3 is 4.74 Å². The molecular formula is C14H23N3O. The first-order valence-corrected chi connectivity index (χ1v) is 6.76. The Balaban J connectivity index is 1.77. The van der Waals surface area contributed by atoms with E-state index in [1.807, 2.05) is 13.1 Å². The second kappa shape index (κ2) is 10.8. The fourth-order valence-electron chi connectivity index (χ4n) is 1.74. The molecule has 1 rings (SSSR count). The molecular weight excluding hydrogens is 226 g/mol. The van der Waals surface area contributed by atoms with E-state index in [0.29, 0.717) is 0 Å². The zero-order chi connectivity index (χ0) is 12.9. The molecule has 0 saturated carbocycles. The SMILES string of the molecule is CC#CCCOCCCCCCCc1c[nH]nn1. The van der Waals surface area contributed by atoms with E-state index >= 15 is 0 Å². The minimum absolute atomic E-state index is 0.771. The second-order valence-corrected chi connectivity index (χ2v) is 4.27. The Bertz CT molecular complexity index is 338. The highest BCUT2D eigenvalue weighted by atomic mass is 16.5. The summed E-state index contributed by atoms with van der Waals surface area (Å²) in [6.45, 7) is 3.50. The van der Waals surface area contributed by atoms with Gasteiger partial charge in [0.2, 0.25) is 0 Å². The summed E-state index contributed by atoms with van der Waals surface area (Å²) in [5.74, 6) is 5.85. The summed E-state index contributed by atoms with van der Waals surface area (Å²) >= 11 is 0. The topological polar surface area (TPSA) is 50.8 Å². The number of aromatic nitrogens is 3. The number of aryl methyl sites for hydroxylation is 1. The number of rotatable bonds is 10. The van der Waals surface area contributed by atoms with Crippen molar-refractivity contribution in [3.63, 3.8) is 0 Å². The second-order valence-electron chi connectivity index (χ2n) is 4.27. The quantitative estimate of drug-likeness (QED) is 0.512. The number of ether oxygens (including phenoxy) is 1. The van der Waals surface area contributed by atoms with Gasteiger partial charge in [-0.2, -0.15) is 0 Å². The van der Waals surface area contributed by atoms with Gasteiger partial charge in [0.1, 0.15) is 0 Å². The molecule has 0 aliphatic heterocycles. The highest BCUT2D eigenvalue weighted by Gasteiger charge is 1.96. The number of hydrogen-bond acceptors (Lipinski definition) is 3. The van der Waals surface area contributed by atoms with Crippen LogP contribution in [0.15, 0.2) is 6.20 Å². The number of unbranched alkanes of at least 4 members (excludes halogenated alkanes) is 4. The Labute approximate surface area is 110 Å². The van der Waals surface area contributed by atoms with Crippen molar-refractivity contribution in [3.05, 3.63) is 11.9 Å². The van der Waals surface area contributed by atoms with Crippen LogP contribution in [0.4, 0.5) is 0 Å². The largest absolute Gasteiger partial charge is 0.380 e. The van der Waals surface area contributed by atoms with Crippen molar-refractivity contribution in [2.75, 3.05) is 13.2 Å². The third-order valence-electron chi connectivity index (χ3n) is 2.74. The minimum Gasteiger partial charge on any atom is -0.380 e. The van der Waals surface area contributed by atoms with Gasteiger partial charge in [0, 0.05) is 19.2 Å². The van der Waals surface area contributed by atoms with Gasteiger partial charge in [-0.3, -0.25) is 5.10 Å². The number of aromatic amines is 1. The summed E-state index contributed by atoms with van der Waals surface area (Å²) in [6.07, 6.45) is 9.88. The van der Waals surface area contributed by atoms with Gasteiger partial charge in [0.15, 0.2) is 0 Å². The molecule has 0 bridgehead atoms. The van der Waals surface area contributed by atoms with Gasteiger partial charge in [-0.05, 0) is 26.2 Å². The van der Waals surface area contributed by atoms with Crippen LogP contribution in [-0.4, -0.2) is 28.6 Å².